The number of hydrogen-bond donors (Lipinski definition) is 2. The zero-order chi connectivity index (χ0) is 27.8. The zero-order valence-electron chi connectivity index (χ0n) is 24.3. The number of benzene rings is 1. The molecule has 39 heavy (non-hydrogen) atoms. The predicted molar refractivity (Wildman–Crippen MR) is 153 cm³/mol. The molecule has 0 aliphatic carbocycles. The molecule has 3 heterocycles. The van der Waals surface area contributed by atoms with Gasteiger partial charge >= 0.3 is 0 Å². The number of ether oxygens (including phenoxy) is 3. The molecule has 0 radical (unpaired) electrons. The Kier molecular flexibility index (Phi) is 10.9. The Labute approximate surface area is 233 Å². The van der Waals surface area contributed by atoms with Gasteiger partial charge in [0, 0.05) is 75.3 Å². The largest absolute Gasteiger partial charge is 0.493 e. The molecule has 218 valence electrons. The van der Waals surface area contributed by atoms with Gasteiger partial charge in [-0.15, -0.1) is 0 Å². The first-order chi connectivity index (χ1) is 18.9. The van der Waals surface area contributed by atoms with Gasteiger partial charge in [-0.25, -0.2) is 0 Å². The Balaban J connectivity index is 1.49. The van der Waals surface area contributed by atoms with Gasteiger partial charge in [0.15, 0.2) is 0 Å². The molecular weight excluding hydrogens is 496 g/mol. The minimum Gasteiger partial charge on any atom is -0.493 e. The number of nitrogens with zero attached hydrogens (tertiary/aromatic N) is 2. The minimum absolute atomic E-state index is 0.0213. The van der Waals surface area contributed by atoms with Crippen molar-refractivity contribution in [1.29, 1.82) is 0 Å². The first kappa shape index (κ1) is 29.6. The maximum Gasteiger partial charge on any atom is 0.251 e. The Morgan fingerprint density at radius 1 is 1.15 bits per heavy atom. The molecule has 3 saturated heterocycles. The summed E-state index contributed by atoms with van der Waals surface area (Å²) in [6.07, 6.45) is 3.76. The van der Waals surface area contributed by atoms with E-state index in [1.54, 1.807) is 0 Å². The first-order valence-corrected chi connectivity index (χ1v) is 14.9. The van der Waals surface area contributed by atoms with Crippen LogP contribution < -0.4 is 20.3 Å². The Bertz CT molecular complexity index is 961. The van der Waals surface area contributed by atoms with Crippen molar-refractivity contribution in [3.63, 3.8) is 0 Å². The maximum absolute atomic E-state index is 13.6. The van der Waals surface area contributed by atoms with Crippen LogP contribution in [0.15, 0.2) is 12.1 Å². The number of nitrogens with one attached hydrogen (secondary N) is 2. The average Bonchev–Trinajstić information content (AvgIpc) is 2.93. The van der Waals surface area contributed by atoms with E-state index in [2.05, 4.69) is 40.3 Å². The average molecular weight is 545 g/mol. The lowest BCUT2D eigenvalue weighted by atomic mass is 9.84. The second kappa shape index (κ2) is 14.3. The van der Waals surface area contributed by atoms with E-state index in [0.29, 0.717) is 30.5 Å². The Hall–Kier alpha value is -2.36. The third-order valence-corrected chi connectivity index (χ3v) is 8.49. The molecule has 0 aromatic heterocycles. The third kappa shape index (κ3) is 7.86. The van der Waals surface area contributed by atoms with Crippen LogP contribution >= 0.6 is 0 Å². The van der Waals surface area contributed by atoms with Crippen molar-refractivity contribution in [2.75, 3.05) is 70.7 Å². The standard InChI is InChI=1S/C30H48N4O5/c1-5-34(24-7-13-37-14-8-24)28-19-25(39-12-6-9-33-10-15-38-16-11-33)18-26(23(28)4)29(35)31-20-27-21(2)17-22(3)32-30(27)36/h18-19,21-22,24,27H,5-17,20H2,1-4H3,(H,31,35)(H,32,36). The van der Waals surface area contributed by atoms with Gasteiger partial charge in [0.05, 0.1) is 25.7 Å². The van der Waals surface area contributed by atoms with E-state index in [4.69, 9.17) is 14.2 Å². The van der Waals surface area contributed by atoms with Crippen LogP contribution in [0.25, 0.3) is 0 Å². The number of morpholine rings is 1. The van der Waals surface area contributed by atoms with Gasteiger partial charge in [-0.3, -0.25) is 14.5 Å². The van der Waals surface area contributed by atoms with E-state index < -0.39 is 0 Å². The third-order valence-electron chi connectivity index (χ3n) is 8.49. The number of carbonyl (C=O) groups is 2. The molecule has 0 spiro atoms. The van der Waals surface area contributed by atoms with Gasteiger partial charge in [-0.05, 0) is 64.0 Å². The summed E-state index contributed by atoms with van der Waals surface area (Å²) in [5.74, 6) is 0.572. The summed E-state index contributed by atoms with van der Waals surface area (Å²) >= 11 is 0. The highest BCUT2D eigenvalue weighted by Gasteiger charge is 2.32. The van der Waals surface area contributed by atoms with E-state index in [1.165, 1.54) is 0 Å². The topological polar surface area (TPSA) is 92.4 Å². The van der Waals surface area contributed by atoms with Gasteiger partial charge in [0.25, 0.3) is 5.91 Å². The van der Waals surface area contributed by atoms with E-state index in [9.17, 15) is 9.59 Å². The van der Waals surface area contributed by atoms with Crippen molar-refractivity contribution < 1.29 is 23.8 Å². The Morgan fingerprint density at radius 3 is 2.56 bits per heavy atom. The van der Waals surface area contributed by atoms with Crippen LogP contribution in [0.4, 0.5) is 5.69 Å². The highest BCUT2D eigenvalue weighted by Crippen LogP contribution is 2.33. The van der Waals surface area contributed by atoms with Gasteiger partial charge in [0.1, 0.15) is 5.75 Å². The van der Waals surface area contributed by atoms with Crippen LogP contribution in [0, 0.1) is 18.8 Å². The molecule has 3 aliphatic heterocycles. The molecule has 4 rings (SSSR count). The van der Waals surface area contributed by atoms with Crippen molar-refractivity contribution in [3.8, 4) is 5.75 Å². The highest BCUT2D eigenvalue weighted by molar-refractivity contribution is 5.98. The number of piperidine rings is 1. The minimum atomic E-state index is -0.223. The van der Waals surface area contributed by atoms with E-state index in [1.807, 2.05) is 19.9 Å². The fourth-order valence-electron chi connectivity index (χ4n) is 6.20. The number of carbonyl (C=O) groups excluding carboxylic acids is 2. The van der Waals surface area contributed by atoms with Gasteiger partial charge in [-0.2, -0.15) is 0 Å². The summed E-state index contributed by atoms with van der Waals surface area (Å²) in [7, 11) is 0. The van der Waals surface area contributed by atoms with Gasteiger partial charge in [-0.1, -0.05) is 6.92 Å². The molecule has 3 fully saturated rings. The molecule has 0 bridgehead atoms. The van der Waals surface area contributed by atoms with Crippen LogP contribution in [-0.4, -0.2) is 94.6 Å². The SMILES string of the molecule is CCN(c1cc(OCCCN2CCOCC2)cc(C(=O)NCC2C(=O)NC(C)CC2C)c1C)C1CCOCC1. The zero-order valence-corrected chi connectivity index (χ0v) is 24.3. The summed E-state index contributed by atoms with van der Waals surface area (Å²) in [4.78, 5) is 31.0. The first-order valence-electron chi connectivity index (χ1n) is 14.9. The van der Waals surface area contributed by atoms with Crippen molar-refractivity contribution in [3.05, 3.63) is 23.3 Å². The maximum atomic E-state index is 13.6. The molecule has 2 N–H and O–H groups in total. The number of anilines is 1. The molecule has 3 unspecified atom stereocenters. The summed E-state index contributed by atoms with van der Waals surface area (Å²) in [5, 5.41) is 6.10. The quantitative estimate of drug-likeness (QED) is 0.414. The van der Waals surface area contributed by atoms with E-state index >= 15 is 0 Å². The summed E-state index contributed by atoms with van der Waals surface area (Å²) in [5.41, 5.74) is 2.59. The van der Waals surface area contributed by atoms with Crippen LogP contribution in [-0.2, 0) is 14.3 Å². The Morgan fingerprint density at radius 2 is 1.87 bits per heavy atom. The van der Waals surface area contributed by atoms with Crippen LogP contribution in [0.5, 0.6) is 5.75 Å². The molecule has 9 heteroatoms. The van der Waals surface area contributed by atoms with E-state index in [0.717, 1.165) is 89.5 Å². The molecule has 0 saturated carbocycles. The molecule has 1 aromatic carbocycles. The number of hydrogen-bond acceptors (Lipinski definition) is 7. The molecule has 9 nitrogen and oxygen atoms in total. The van der Waals surface area contributed by atoms with Crippen molar-refractivity contribution in [2.45, 2.75) is 65.5 Å². The summed E-state index contributed by atoms with van der Waals surface area (Å²) in [6, 6.07) is 4.50. The molecule has 3 atom stereocenters. The van der Waals surface area contributed by atoms with Crippen molar-refractivity contribution in [2.24, 2.45) is 11.8 Å². The monoisotopic (exact) mass is 544 g/mol. The van der Waals surface area contributed by atoms with Gasteiger partial charge < -0.3 is 29.7 Å². The highest BCUT2D eigenvalue weighted by atomic mass is 16.5. The van der Waals surface area contributed by atoms with Crippen LogP contribution in [0.2, 0.25) is 0 Å². The second-order valence-corrected chi connectivity index (χ2v) is 11.3. The summed E-state index contributed by atoms with van der Waals surface area (Å²) < 4.78 is 17.3. The molecular formula is C30H48N4O5. The lowest BCUT2D eigenvalue weighted by molar-refractivity contribution is -0.129. The molecule has 3 aliphatic rings. The second-order valence-electron chi connectivity index (χ2n) is 11.3. The molecule has 2 amide bonds. The fraction of sp³-hybridized carbons (Fsp3) is 0.733. The van der Waals surface area contributed by atoms with Crippen molar-refractivity contribution >= 4 is 17.5 Å². The van der Waals surface area contributed by atoms with Crippen LogP contribution in [0.1, 0.15) is 62.4 Å². The molecule has 1 aromatic rings. The predicted octanol–water partition coefficient (Wildman–Crippen LogP) is 2.99. The lowest BCUT2D eigenvalue weighted by Crippen LogP contribution is -2.50. The van der Waals surface area contributed by atoms with E-state index in [-0.39, 0.29) is 29.7 Å². The number of amides is 2. The normalized spacial score (nSPS) is 24.7. The van der Waals surface area contributed by atoms with Crippen LogP contribution in [0.3, 0.4) is 0 Å². The van der Waals surface area contributed by atoms with Crippen molar-refractivity contribution in [1.82, 2.24) is 15.5 Å². The number of rotatable bonds is 11. The smallest absolute Gasteiger partial charge is 0.251 e. The fourth-order valence-corrected chi connectivity index (χ4v) is 6.20. The summed E-state index contributed by atoms with van der Waals surface area (Å²) in [6.45, 7) is 16.0. The van der Waals surface area contributed by atoms with Gasteiger partial charge in [0.2, 0.25) is 5.91 Å². The lowest BCUT2D eigenvalue weighted by Gasteiger charge is -2.37.